The molecule has 0 saturated carbocycles. The Morgan fingerprint density at radius 2 is 2.00 bits per heavy atom. The molecule has 0 aliphatic heterocycles. The highest BCUT2D eigenvalue weighted by Crippen LogP contribution is 2.18. The molecule has 2 aromatic rings. The van der Waals surface area contributed by atoms with Crippen LogP contribution in [-0.4, -0.2) is 34.4 Å². The Bertz CT molecular complexity index is 719. The molecular formula is C19H26F2N4O2. The van der Waals surface area contributed by atoms with Gasteiger partial charge in [0, 0.05) is 24.5 Å². The highest BCUT2D eigenvalue weighted by molar-refractivity contribution is 5.90. The summed E-state index contributed by atoms with van der Waals surface area (Å²) in [5, 5.41) is 3.39. The average Bonchev–Trinajstić information content (AvgIpc) is 2.59. The third-order valence-electron chi connectivity index (χ3n) is 3.31. The number of rotatable bonds is 6. The van der Waals surface area contributed by atoms with Crippen molar-refractivity contribution in [2.75, 3.05) is 6.61 Å². The predicted octanol–water partition coefficient (Wildman–Crippen LogP) is 3.10. The van der Waals surface area contributed by atoms with Gasteiger partial charge in [0.05, 0.1) is 6.20 Å². The summed E-state index contributed by atoms with van der Waals surface area (Å²) in [7, 11) is 0. The van der Waals surface area contributed by atoms with Crippen molar-refractivity contribution in [1.29, 1.82) is 0 Å². The number of alkyl halides is 2. The fraction of sp³-hybridized carbons (Fsp3) is 0.421. The molecule has 0 spiro atoms. The van der Waals surface area contributed by atoms with Gasteiger partial charge in [0.1, 0.15) is 18.1 Å². The number of carbonyl (C=O) groups is 1. The summed E-state index contributed by atoms with van der Waals surface area (Å²) in [4.78, 5) is 17.6. The average molecular weight is 380 g/mol. The summed E-state index contributed by atoms with van der Waals surface area (Å²) in [5.41, 5.74) is 7.31. The Kier molecular flexibility index (Phi) is 8.74. The van der Waals surface area contributed by atoms with Crippen LogP contribution in [0.1, 0.15) is 42.4 Å². The number of nitrogens with zero attached hydrogens (tertiary/aromatic N) is 2. The molecular weight excluding hydrogens is 354 g/mol. The second-order valence-electron chi connectivity index (χ2n) is 6.85. The number of nitrogens with one attached hydrogen (secondary N) is 1. The number of carbonyl (C=O) groups excluding carboxylic acids is 1. The van der Waals surface area contributed by atoms with Crippen molar-refractivity contribution in [3.63, 3.8) is 0 Å². The molecule has 148 valence electrons. The maximum absolute atomic E-state index is 12.0. The van der Waals surface area contributed by atoms with Gasteiger partial charge in [-0.1, -0.05) is 6.07 Å². The number of hydrogen-bond acceptors (Lipinski definition) is 5. The zero-order chi connectivity index (χ0) is 20.4. The lowest BCUT2D eigenvalue weighted by Crippen LogP contribution is -2.35. The molecule has 3 N–H and O–H groups in total. The molecule has 0 unspecified atom stereocenters. The lowest BCUT2D eigenvalue weighted by atomic mass is 10.1. The van der Waals surface area contributed by atoms with Gasteiger partial charge in [-0.25, -0.2) is 13.8 Å². The number of halogens is 2. The van der Waals surface area contributed by atoms with Gasteiger partial charge in [-0.05, 0) is 51.0 Å². The third-order valence-corrected chi connectivity index (χ3v) is 3.31. The second-order valence-corrected chi connectivity index (χ2v) is 6.85. The van der Waals surface area contributed by atoms with E-state index in [0.29, 0.717) is 5.75 Å². The molecule has 0 aliphatic carbocycles. The van der Waals surface area contributed by atoms with Gasteiger partial charge in [0.2, 0.25) is 0 Å². The van der Waals surface area contributed by atoms with E-state index in [1.807, 2.05) is 13.0 Å². The van der Waals surface area contributed by atoms with Crippen LogP contribution in [0.3, 0.4) is 0 Å². The van der Waals surface area contributed by atoms with Crippen LogP contribution in [0.2, 0.25) is 0 Å². The Hall–Kier alpha value is -2.61. The first-order valence-electron chi connectivity index (χ1n) is 8.40. The molecule has 8 heteroatoms. The first-order chi connectivity index (χ1) is 12.6. The minimum absolute atomic E-state index is 0.0529. The first kappa shape index (κ1) is 22.4. The van der Waals surface area contributed by atoms with E-state index in [4.69, 9.17) is 10.5 Å². The lowest BCUT2D eigenvalue weighted by molar-refractivity contribution is 0.0818. The van der Waals surface area contributed by atoms with Gasteiger partial charge < -0.3 is 15.8 Å². The van der Waals surface area contributed by atoms with Gasteiger partial charge in [-0.3, -0.25) is 9.78 Å². The van der Waals surface area contributed by atoms with E-state index in [0.717, 1.165) is 17.7 Å². The number of hydrogen-bond donors (Lipinski definition) is 2. The number of ether oxygens (including phenoxy) is 1. The standard InChI is InChI=1S/C14H21F2NO.C5H5N3O/c1-10-7-12(18-9-13(15)16)6-5-11(10)8-17-14(2,3)4;6-5(9)4-3-7-1-2-8-4/h5-7,13,17H,8-9H2,1-4H3;1-3H,(H2,6,9). The molecule has 0 radical (unpaired) electrons. The fourth-order valence-electron chi connectivity index (χ4n) is 1.90. The van der Waals surface area contributed by atoms with E-state index in [9.17, 15) is 13.6 Å². The van der Waals surface area contributed by atoms with E-state index in [2.05, 4.69) is 36.1 Å². The van der Waals surface area contributed by atoms with E-state index in [1.54, 1.807) is 12.1 Å². The lowest BCUT2D eigenvalue weighted by Gasteiger charge is -2.21. The maximum Gasteiger partial charge on any atom is 0.272 e. The summed E-state index contributed by atoms with van der Waals surface area (Å²) in [6.45, 7) is 8.45. The molecule has 0 saturated heterocycles. The summed E-state index contributed by atoms with van der Waals surface area (Å²) in [6, 6.07) is 5.44. The van der Waals surface area contributed by atoms with Crippen LogP contribution in [0.4, 0.5) is 8.78 Å². The van der Waals surface area contributed by atoms with E-state index < -0.39 is 18.9 Å². The predicted molar refractivity (Wildman–Crippen MR) is 99.8 cm³/mol. The van der Waals surface area contributed by atoms with Gasteiger partial charge >= 0.3 is 0 Å². The quantitative estimate of drug-likeness (QED) is 0.804. The number of nitrogens with two attached hydrogens (primary N) is 1. The number of primary amides is 1. The summed E-state index contributed by atoms with van der Waals surface area (Å²) >= 11 is 0. The molecule has 0 bridgehead atoms. The van der Waals surface area contributed by atoms with Crippen LogP contribution >= 0.6 is 0 Å². The highest BCUT2D eigenvalue weighted by Gasteiger charge is 2.10. The van der Waals surface area contributed by atoms with Crippen molar-refractivity contribution in [2.24, 2.45) is 5.73 Å². The van der Waals surface area contributed by atoms with Crippen molar-refractivity contribution in [2.45, 2.75) is 46.2 Å². The zero-order valence-corrected chi connectivity index (χ0v) is 16.0. The smallest absolute Gasteiger partial charge is 0.272 e. The number of benzene rings is 1. The number of aromatic nitrogens is 2. The maximum atomic E-state index is 12.0. The Labute approximate surface area is 158 Å². The van der Waals surface area contributed by atoms with Gasteiger partial charge in [-0.2, -0.15) is 0 Å². The molecule has 2 rings (SSSR count). The molecule has 1 amide bonds. The van der Waals surface area contributed by atoms with Gasteiger partial charge in [0.25, 0.3) is 12.3 Å². The normalized spacial score (nSPS) is 10.9. The van der Waals surface area contributed by atoms with Gasteiger partial charge in [0.15, 0.2) is 0 Å². The minimum Gasteiger partial charge on any atom is -0.488 e. The topological polar surface area (TPSA) is 90.1 Å². The molecule has 1 aromatic carbocycles. The van der Waals surface area contributed by atoms with Crippen LogP contribution in [0.25, 0.3) is 0 Å². The Morgan fingerprint density at radius 3 is 2.44 bits per heavy atom. The van der Waals surface area contributed by atoms with Crippen molar-refractivity contribution in [1.82, 2.24) is 15.3 Å². The minimum atomic E-state index is -2.44. The molecule has 1 heterocycles. The van der Waals surface area contributed by atoms with Crippen LogP contribution in [0, 0.1) is 6.92 Å². The van der Waals surface area contributed by atoms with Gasteiger partial charge in [-0.15, -0.1) is 0 Å². The Balaban J connectivity index is 0.000000337. The van der Waals surface area contributed by atoms with Crippen molar-refractivity contribution < 1.29 is 18.3 Å². The highest BCUT2D eigenvalue weighted by atomic mass is 19.3. The Morgan fingerprint density at radius 1 is 1.30 bits per heavy atom. The van der Waals surface area contributed by atoms with Crippen LogP contribution in [-0.2, 0) is 6.54 Å². The molecule has 0 atom stereocenters. The van der Waals surface area contributed by atoms with Crippen LogP contribution in [0.15, 0.2) is 36.8 Å². The monoisotopic (exact) mass is 380 g/mol. The molecule has 0 aliphatic rings. The third kappa shape index (κ3) is 9.60. The number of amides is 1. The summed E-state index contributed by atoms with van der Waals surface area (Å²) in [5.74, 6) is -0.0598. The summed E-state index contributed by atoms with van der Waals surface area (Å²) < 4.78 is 29.0. The molecule has 6 nitrogen and oxygen atoms in total. The van der Waals surface area contributed by atoms with Crippen molar-refractivity contribution in [3.8, 4) is 5.75 Å². The van der Waals surface area contributed by atoms with E-state index >= 15 is 0 Å². The summed E-state index contributed by atoms with van der Waals surface area (Å²) in [6.07, 6.45) is 1.78. The fourth-order valence-corrected chi connectivity index (χ4v) is 1.90. The zero-order valence-electron chi connectivity index (χ0n) is 16.0. The second kappa shape index (κ2) is 10.5. The molecule has 0 fully saturated rings. The first-order valence-corrected chi connectivity index (χ1v) is 8.40. The van der Waals surface area contributed by atoms with E-state index in [1.165, 1.54) is 18.6 Å². The van der Waals surface area contributed by atoms with Crippen LogP contribution < -0.4 is 15.8 Å². The largest absolute Gasteiger partial charge is 0.488 e. The molecule has 27 heavy (non-hydrogen) atoms. The van der Waals surface area contributed by atoms with Crippen molar-refractivity contribution >= 4 is 5.91 Å². The van der Waals surface area contributed by atoms with Crippen LogP contribution in [0.5, 0.6) is 5.75 Å². The molecule has 1 aromatic heterocycles. The van der Waals surface area contributed by atoms with E-state index in [-0.39, 0.29) is 11.2 Å². The van der Waals surface area contributed by atoms with Crippen molar-refractivity contribution in [3.05, 3.63) is 53.6 Å². The number of aryl methyl sites for hydroxylation is 1. The SMILES string of the molecule is Cc1cc(OCC(F)F)ccc1CNC(C)(C)C.NC(=O)c1cnccn1.